The van der Waals surface area contributed by atoms with Crippen molar-refractivity contribution in [3.63, 3.8) is 0 Å². The molecule has 0 saturated carbocycles. The van der Waals surface area contributed by atoms with Gasteiger partial charge in [0.1, 0.15) is 42.9 Å². The van der Waals surface area contributed by atoms with Gasteiger partial charge < -0.3 is 25.2 Å². The lowest BCUT2D eigenvalue weighted by Crippen LogP contribution is -2.38. The molecule has 0 fully saturated rings. The number of hydrogen-bond acceptors (Lipinski definition) is 10. The fraction of sp³-hybridized carbons (Fsp3) is 0.259. The van der Waals surface area contributed by atoms with Crippen molar-refractivity contribution in [1.29, 1.82) is 5.26 Å². The highest BCUT2D eigenvalue weighted by molar-refractivity contribution is 5.95. The van der Waals surface area contributed by atoms with E-state index in [1.54, 1.807) is 41.6 Å². The SMILES string of the molecule is COc1cc(C(=O)NCC(F)(F)CO)ccc1Nc1ncc(-c2ccc(C#N)c(O[C@@H](C)Cn3cncn3)c2)cn1. The summed E-state index contributed by atoms with van der Waals surface area (Å²) in [4.78, 5) is 24.9. The van der Waals surface area contributed by atoms with Crippen molar-refractivity contribution >= 4 is 17.5 Å². The Morgan fingerprint density at radius 1 is 1.17 bits per heavy atom. The first-order valence-corrected chi connectivity index (χ1v) is 12.3. The molecule has 0 bridgehead atoms. The van der Waals surface area contributed by atoms with E-state index in [2.05, 4.69) is 36.8 Å². The second-order valence-corrected chi connectivity index (χ2v) is 8.90. The van der Waals surface area contributed by atoms with Gasteiger partial charge in [0, 0.05) is 23.5 Å². The van der Waals surface area contributed by atoms with Crippen molar-refractivity contribution in [3.8, 4) is 28.7 Å². The molecule has 12 nitrogen and oxygen atoms in total. The number of benzene rings is 2. The Morgan fingerprint density at radius 3 is 2.61 bits per heavy atom. The van der Waals surface area contributed by atoms with Crippen LogP contribution in [0.3, 0.4) is 0 Å². The Labute approximate surface area is 233 Å². The van der Waals surface area contributed by atoms with Crippen LogP contribution in [0, 0.1) is 11.3 Å². The molecule has 14 heteroatoms. The first-order chi connectivity index (χ1) is 19.7. The molecule has 0 aliphatic carbocycles. The molecule has 2 heterocycles. The zero-order chi connectivity index (χ0) is 29.4. The first kappa shape index (κ1) is 28.8. The van der Waals surface area contributed by atoms with Crippen molar-refractivity contribution in [2.45, 2.75) is 25.5 Å². The lowest BCUT2D eigenvalue weighted by atomic mass is 10.1. The zero-order valence-corrected chi connectivity index (χ0v) is 22.1. The predicted octanol–water partition coefficient (Wildman–Crippen LogP) is 3.18. The summed E-state index contributed by atoms with van der Waals surface area (Å²) in [5, 5.41) is 27.3. The molecule has 41 heavy (non-hydrogen) atoms. The van der Waals surface area contributed by atoms with Crippen LogP contribution >= 0.6 is 0 Å². The number of nitriles is 1. The summed E-state index contributed by atoms with van der Waals surface area (Å²) < 4.78 is 39.5. The maximum atomic E-state index is 13.2. The number of aliphatic hydroxyl groups is 1. The number of anilines is 2. The minimum Gasteiger partial charge on any atom is -0.495 e. The molecule has 4 rings (SSSR count). The van der Waals surface area contributed by atoms with E-state index in [0.29, 0.717) is 29.1 Å². The number of hydrogen-bond donors (Lipinski definition) is 3. The lowest BCUT2D eigenvalue weighted by molar-refractivity contribution is -0.0462. The molecule has 2 aromatic heterocycles. The summed E-state index contributed by atoms with van der Waals surface area (Å²) in [5.74, 6) is -3.27. The number of alkyl halides is 2. The van der Waals surface area contributed by atoms with Crippen LogP contribution in [0.25, 0.3) is 11.1 Å². The van der Waals surface area contributed by atoms with Crippen molar-refractivity contribution in [3.05, 3.63) is 72.6 Å². The number of ether oxygens (including phenoxy) is 2. The van der Waals surface area contributed by atoms with E-state index in [9.17, 15) is 18.8 Å². The summed E-state index contributed by atoms with van der Waals surface area (Å²) in [6.45, 7) is -0.0579. The summed E-state index contributed by atoms with van der Waals surface area (Å²) in [7, 11) is 1.39. The molecule has 0 unspecified atom stereocenters. The van der Waals surface area contributed by atoms with E-state index in [1.165, 1.54) is 31.6 Å². The van der Waals surface area contributed by atoms with Crippen LogP contribution in [0.2, 0.25) is 0 Å². The van der Waals surface area contributed by atoms with Gasteiger partial charge in [-0.25, -0.2) is 28.4 Å². The highest BCUT2D eigenvalue weighted by Gasteiger charge is 2.28. The summed E-state index contributed by atoms with van der Waals surface area (Å²) in [6, 6.07) is 11.6. The van der Waals surface area contributed by atoms with E-state index in [-0.39, 0.29) is 23.4 Å². The van der Waals surface area contributed by atoms with Gasteiger partial charge in [0.2, 0.25) is 5.95 Å². The number of amides is 1. The number of halogens is 2. The molecule has 3 N–H and O–H groups in total. The Balaban J connectivity index is 1.45. The first-order valence-electron chi connectivity index (χ1n) is 12.3. The van der Waals surface area contributed by atoms with Crippen LogP contribution in [-0.2, 0) is 6.54 Å². The van der Waals surface area contributed by atoms with Gasteiger partial charge in [-0.3, -0.25) is 4.79 Å². The van der Waals surface area contributed by atoms with Crippen molar-refractivity contribution < 1.29 is 28.2 Å². The number of nitrogens with one attached hydrogen (secondary N) is 2. The van der Waals surface area contributed by atoms with Gasteiger partial charge in [0.25, 0.3) is 11.8 Å². The summed E-state index contributed by atoms with van der Waals surface area (Å²) >= 11 is 0. The molecule has 0 aliphatic heterocycles. The fourth-order valence-electron chi connectivity index (χ4n) is 3.70. The minimum absolute atomic E-state index is 0.0897. The summed E-state index contributed by atoms with van der Waals surface area (Å²) in [6.07, 6.45) is 5.92. The topological polar surface area (TPSA) is 160 Å². The maximum Gasteiger partial charge on any atom is 0.287 e. The van der Waals surface area contributed by atoms with Gasteiger partial charge in [-0.05, 0) is 42.8 Å². The van der Waals surface area contributed by atoms with Crippen LogP contribution in [0.5, 0.6) is 11.5 Å². The average Bonchev–Trinajstić information content (AvgIpc) is 3.49. The van der Waals surface area contributed by atoms with Crippen LogP contribution in [0.15, 0.2) is 61.4 Å². The molecule has 0 saturated heterocycles. The largest absolute Gasteiger partial charge is 0.495 e. The molecule has 4 aromatic rings. The Morgan fingerprint density at radius 2 is 1.95 bits per heavy atom. The molecular formula is C27H26F2N8O4. The number of methoxy groups -OCH3 is 1. The van der Waals surface area contributed by atoms with Gasteiger partial charge in [-0.15, -0.1) is 0 Å². The molecule has 2 aromatic carbocycles. The smallest absolute Gasteiger partial charge is 0.287 e. The normalized spacial score (nSPS) is 11.8. The van der Waals surface area contributed by atoms with Crippen molar-refractivity contribution in [1.82, 2.24) is 30.0 Å². The predicted molar refractivity (Wildman–Crippen MR) is 143 cm³/mol. The minimum atomic E-state index is -3.42. The number of nitrogens with zero attached hydrogens (tertiary/aromatic N) is 6. The summed E-state index contributed by atoms with van der Waals surface area (Å²) in [5.41, 5.74) is 2.32. The lowest BCUT2D eigenvalue weighted by Gasteiger charge is -2.16. The van der Waals surface area contributed by atoms with E-state index in [0.717, 1.165) is 5.56 Å². The van der Waals surface area contributed by atoms with Crippen LogP contribution < -0.4 is 20.1 Å². The third kappa shape index (κ3) is 7.49. The standard InChI is InChI=1S/C27H26F2N8O4/c1-17(12-37-16-31-15-35-37)41-23-7-18(3-4-20(23)9-30)21-10-32-26(33-11-21)36-22-6-5-19(8-24(22)40-2)25(39)34-13-27(28,29)14-38/h3-8,10-11,15-17,38H,12-14H2,1-2H3,(H,34,39)(H,32,33,36)/t17-/m0/s1. The molecule has 1 amide bonds. The number of rotatable bonds is 12. The van der Waals surface area contributed by atoms with Gasteiger partial charge in [-0.1, -0.05) is 6.07 Å². The highest BCUT2D eigenvalue weighted by atomic mass is 19.3. The second-order valence-electron chi connectivity index (χ2n) is 8.90. The fourth-order valence-corrected chi connectivity index (χ4v) is 3.70. The maximum absolute atomic E-state index is 13.2. The van der Waals surface area contributed by atoms with Crippen LogP contribution in [0.4, 0.5) is 20.4 Å². The van der Waals surface area contributed by atoms with Gasteiger partial charge in [0.15, 0.2) is 0 Å². The molecule has 0 spiro atoms. The molecule has 212 valence electrons. The van der Waals surface area contributed by atoms with Gasteiger partial charge >= 0.3 is 0 Å². The zero-order valence-electron chi connectivity index (χ0n) is 22.1. The quantitative estimate of drug-likeness (QED) is 0.233. The number of aliphatic hydroxyl groups excluding tert-OH is 1. The van der Waals surface area contributed by atoms with E-state index >= 15 is 0 Å². The third-order valence-electron chi connectivity index (χ3n) is 5.78. The average molecular weight is 565 g/mol. The second kappa shape index (κ2) is 12.8. The Kier molecular flexibility index (Phi) is 9.00. The number of carbonyl (C=O) groups excluding carboxylic acids is 1. The monoisotopic (exact) mass is 564 g/mol. The van der Waals surface area contributed by atoms with Crippen molar-refractivity contribution in [2.75, 3.05) is 25.6 Å². The van der Waals surface area contributed by atoms with Gasteiger partial charge in [0.05, 0.1) is 31.5 Å². The Bertz CT molecular complexity index is 1530. The Hall–Kier alpha value is -5.16. The number of carbonyl (C=O) groups is 1. The van der Waals surface area contributed by atoms with E-state index in [4.69, 9.17) is 14.6 Å². The van der Waals surface area contributed by atoms with E-state index < -0.39 is 25.0 Å². The third-order valence-corrected chi connectivity index (χ3v) is 5.78. The molecule has 0 radical (unpaired) electrons. The van der Waals surface area contributed by atoms with Crippen LogP contribution in [-0.4, -0.2) is 68.0 Å². The van der Waals surface area contributed by atoms with Crippen molar-refractivity contribution in [2.24, 2.45) is 0 Å². The molecule has 0 aliphatic rings. The molecule has 1 atom stereocenters. The molecular weight excluding hydrogens is 538 g/mol. The van der Waals surface area contributed by atoms with E-state index in [1.807, 2.05) is 6.92 Å². The van der Waals surface area contributed by atoms with Gasteiger partial charge in [-0.2, -0.15) is 10.4 Å². The highest BCUT2D eigenvalue weighted by Crippen LogP contribution is 2.30. The number of aromatic nitrogens is 5. The van der Waals surface area contributed by atoms with Crippen LogP contribution in [0.1, 0.15) is 22.8 Å².